The van der Waals surface area contributed by atoms with Crippen LogP contribution < -0.4 is 0 Å². The number of hydrogen-bond donors (Lipinski definition) is 1. The Balaban J connectivity index is 1.47. The molecule has 1 N–H and O–H groups in total. The molecule has 1 saturated heterocycles. The number of amides is 1. The van der Waals surface area contributed by atoms with E-state index in [4.69, 9.17) is 4.52 Å². The summed E-state index contributed by atoms with van der Waals surface area (Å²) in [4.78, 5) is 27.5. The predicted octanol–water partition coefficient (Wildman–Crippen LogP) is 2.27. The summed E-state index contributed by atoms with van der Waals surface area (Å²) < 4.78 is 5.61. The number of aromatic amines is 1. The molecule has 0 aromatic carbocycles. The number of rotatable bonds is 4. The zero-order valence-electron chi connectivity index (χ0n) is 15.3. The Kier molecular flexibility index (Phi) is 4.32. The van der Waals surface area contributed by atoms with Gasteiger partial charge in [0.05, 0.1) is 5.92 Å². The number of hydrogen-bond acceptors (Lipinski definition) is 7. The van der Waals surface area contributed by atoms with Gasteiger partial charge in [0, 0.05) is 55.6 Å². The molecule has 5 rings (SSSR count). The van der Waals surface area contributed by atoms with E-state index in [0.29, 0.717) is 30.5 Å². The highest BCUT2D eigenvalue weighted by Crippen LogP contribution is 2.39. The summed E-state index contributed by atoms with van der Waals surface area (Å²) in [6.45, 7) is 0.997. The summed E-state index contributed by atoms with van der Waals surface area (Å²) in [5, 5.41) is 10.7. The van der Waals surface area contributed by atoms with Gasteiger partial charge in [-0.3, -0.25) is 19.9 Å². The van der Waals surface area contributed by atoms with Crippen molar-refractivity contribution in [3.8, 4) is 11.4 Å². The fourth-order valence-electron chi connectivity index (χ4n) is 3.70. The maximum absolute atomic E-state index is 12.9. The van der Waals surface area contributed by atoms with Crippen LogP contribution in [0.3, 0.4) is 0 Å². The Labute approximate surface area is 165 Å². The molecule has 1 fully saturated rings. The molecule has 0 spiro atoms. The van der Waals surface area contributed by atoms with Gasteiger partial charge in [-0.05, 0) is 29.8 Å². The second kappa shape index (κ2) is 7.27. The molecule has 1 aliphatic heterocycles. The summed E-state index contributed by atoms with van der Waals surface area (Å²) in [6.07, 6.45) is 8.49. The van der Waals surface area contributed by atoms with Crippen LogP contribution in [0.15, 0.2) is 65.8 Å². The summed E-state index contributed by atoms with van der Waals surface area (Å²) in [7, 11) is 0. The highest BCUT2D eigenvalue weighted by Gasteiger charge is 2.41. The molecule has 29 heavy (non-hydrogen) atoms. The van der Waals surface area contributed by atoms with E-state index >= 15 is 0 Å². The summed E-state index contributed by atoms with van der Waals surface area (Å²) in [6, 6.07) is 9.23. The first-order valence-electron chi connectivity index (χ1n) is 9.22. The van der Waals surface area contributed by atoms with Crippen LogP contribution in [0.2, 0.25) is 0 Å². The van der Waals surface area contributed by atoms with Crippen molar-refractivity contribution in [3.63, 3.8) is 0 Å². The average Bonchev–Trinajstić information content (AvgIpc) is 3.55. The van der Waals surface area contributed by atoms with Crippen molar-refractivity contribution < 1.29 is 9.32 Å². The number of carbonyl (C=O) groups excluding carboxylic acids is 1. The first kappa shape index (κ1) is 17.2. The Morgan fingerprint density at radius 2 is 1.90 bits per heavy atom. The van der Waals surface area contributed by atoms with Gasteiger partial charge in [0.25, 0.3) is 5.91 Å². The molecule has 4 aromatic heterocycles. The van der Waals surface area contributed by atoms with Gasteiger partial charge < -0.3 is 9.42 Å². The first-order chi connectivity index (χ1) is 14.3. The van der Waals surface area contributed by atoms with E-state index in [2.05, 4.69) is 30.3 Å². The third kappa shape index (κ3) is 3.27. The van der Waals surface area contributed by atoms with E-state index in [1.165, 1.54) is 0 Å². The van der Waals surface area contributed by atoms with Crippen LogP contribution in [0, 0.1) is 0 Å². The normalized spacial score (nSPS) is 18.8. The molecule has 4 aromatic rings. The molecular formula is C20H17N7O2. The number of likely N-dealkylation sites (tertiary alicyclic amines) is 1. The van der Waals surface area contributed by atoms with Gasteiger partial charge in [0.1, 0.15) is 5.69 Å². The number of nitrogens with zero attached hydrogens (tertiary/aromatic N) is 6. The van der Waals surface area contributed by atoms with Gasteiger partial charge in [0.15, 0.2) is 0 Å². The van der Waals surface area contributed by atoms with Gasteiger partial charge >= 0.3 is 0 Å². The minimum Gasteiger partial charge on any atom is -0.339 e. The van der Waals surface area contributed by atoms with Crippen molar-refractivity contribution in [2.24, 2.45) is 0 Å². The maximum atomic E-state index is 12.9. The predicted molar refractivity (Wildman–Crippen MR) is 102 cm³/mol. The van der Waals surface area contributed by atoms with E-state index in [0.717, 1.165) is 11.1 Å². The van der Waals surface area contributed by atoms with E-state index < -0.39 is 0 Å². The lowest BCUT2D eigenvalue weighted by atomic mass is 9.90. The van der Waals surface area contributed by atoms with Crippen molar-refractivity contribution in [1.29, 1.82) is 0 Å². The zero-order valence-corrected chi connectivity index (χ0v) is 15.3. The summed E-state index contributed by atoms with van der Waals surface area (Å²) >= 11 is 0. The molecule has 144 valence electrons. The Hall–Kier alpha value is -3.88. The second-order valence-electron chi connectivity index (χ2n) is 6.87. The van der Waals surface area contributed by atoms with Gasteiger partial charge in [-0.1, -0.05) is 11.2 Å². The quantitative estimate of drug-likeness (QED) is 0.571. The fraction of sp³-hybridized carbons (Fsp3) is 0.200. The average molecular weight is 387 g/mol. The lowest BCUT2D eigenvalue weighted by Gasteiger charge is -2.15. The fourth-order valence-corrected chi connectivity index (χ4v) is 3.70. The standard InChI is InChI=1S/C20H17N7O2/c28-20(17-5-9-23-25-17)27-11-15(14-2-1-6-22-10-14)16(12-27)19-24-18(26-29-19)13-3-7-21-8-4-13/h1-10,15-16H,11-12H2,(H,23,25)/t15-,16+/m0/s1. The third-order valence-electron chi connectivity index (χ3n) is 5.15. The summed E-state index contributed by atoms with van der Waals surface area (Å²) in [5.74, 6) is 0.777. The van der Waals surface area contributed by atoms with Crippen LogP contribution in [-0.2, 0) is 0 Å². The highest BCUT2D eigenvalue weighted by molar-refractivity contribution is 5.92. The van der Waals surface area contributed by atoms with Gasteiger partial charge in [0.2, 0.25) is 11.7 Å². The lowest BCUT2D eigenvalue weighted by Crippen LogP contribution is -2.29. The molecule has 0 aliphatic carbocycles. The smallest absolute Gasteiger partial charge is 0.271 e. The van der Waals surface area contributed by atoms with Gasteiger partial charge in [-0.15, -0.1) is 0 Å². The number of carbonyl (C=O) groups is 1. The summed E-state index contributed by atoms with van der Waals surface area (Å²) in [5.41, 5.74) is 2.32. The molecule has 0 unspecified atom stereocenters. The Bertz CT molecular complexity index is 1100. The number of nitrogens with one attached hydrogen (secondary N) is 1. The maximum Gasteiger partial charge on any atom is 0.271 e. The molecular weight excluding hydrogens is 370 g/mol. The monoisotopic (exact) mass is 387 g/mol. The van der Waals surface area contributed by atoms with Crippen LogP contribution in [0.4, 0.5) is 0 Å². The molecule has 0 bridgehead atoms. The van der Waals surface area contributed by atoms with Gasteiger partial charge in [-0.25, -0.2) is 0 Å². The van der Waals surface area contributed by atoms with E-state index in [-0.39, 0.29) is 17.7 Å². The minimum atomic E-state index is -0.130. The highest BCUT2D eigenvalue weighted by atomic mass is 16.5. The van der Waals surface area contributed by atoms with Crippen LogP contribution in [-0.4, -0.2) is 54.2 Å². The topological polar surface area (TPSA) is 114 Å². The molecule has 0 saturated carbocycles. The van der Waals surface area contributed by atoms with Crippen molar-refractivity contribution in [2.75, 3.05) is 13.1 Å². The third-order valence-corrected chi connectivity index (χ3v) is 5.15. The second-order valence-corrected chi connectivity index (χ2v) is 6.87. The molecule has 9 nitrogen and oxygen atoms in total. The molecule has 1 amide bonds. The van der Waals surface area contributed by atoms with Crippen molar-refractivity contribution in [3.05, 3.63) is 78.5 Å². The van der Waals surface area contributed by atoms with Crippen molar-refractivity contribution in [1.82, 2.24) is 35.2 Å². The van der Waals surface area contributed by atoms with Crippen molar-refractivity contribution >= 4 is 5.91 Å². The molecule has 0 radical (unpaired) electrons. The molecule has 2 atom stereocenters. The zero-order chi connectivity index (χ0) is 19.6. The first-order valence-corrected chi connectivity index (χ1v) is 9.22. The van der Waals surface area contributed by atoms with Crippen molar-refractivity contribution in [2.45, 2.75) is 11.8 Å². The van der Waals surface area contributed by atoms with E-state index in [1.807, 2.05) is 30.5 Å². The van der Waals surface area contributed by atoms with E-state index in [1.54, 1.807) is 35.8 Å². The van der Waals surface area contributed by atoms with Crippen LogP contribution >= 0.6 is 0 Å². The number of pyridine rings is 2. The van der Waals surface area contributed by atoms with Gasteiger partial charge in [-0.2, -0.15) is 10.1 Å². The van der Waals surface area contributed by atoms with Crippen LogP contribution in [0.1, 0.15) is 33.8 Å². The molecule has 9 heteroatoms. The SMILES string of the molecule is O=C(c1ccn[nH]1)N1C[C@@H](c2cccnc2)[C@H](c2nc(-c3ccncc3)no2)C1. The van der Waals surface area contributed by atoms with E-state index in [9.17, 15) is 4.79 Å². The number of H-pyrrole nitrogens is 1. The molecule has 1 aliphatic rings. The lowest BCUT2D eigenvalue weighted by molar-refractivity contribution is 0.0782. The minimum absolute atomic E-state index is 0.00121. The Morgan fingerprint density at radius 3 is 2.66 bits per heavy atom. The molecule has 5 heterocycles. The number of aromatic nitrogens is 6. The van der Waals surface area contributed by atoms with Crippen LogP contribution in [0.25, 0.3) is 11.4 Å². The largest absolute Gasteiger partial charge is 0.339 e. The Morgan fingerprint density at radius 1 is 1.03 bits per heavy atom. The van der Waals surface area contributed by atoms with Crippen LogP contribution in [0.5, 0.6) is 0 Å².